The SMILES string of the molecule is [2H]C([2H])([2H])c1ccc(-c2cc(-c3ccccc3)c(C([2H])([2H])[2H])cn2)cc1. The second-order valence-electron chi connectivity index (χ2n) is 4.56. The molecule has 0 radical (unpaired) electrons. The van der Waals surface area contributed by atoms with Crippen molar-refractivity contribution in [2.45, 2.75) is 13.7 Å². The maximum atomic E-state index is 7.77. The van der Waals surface area contributed by atoms with Crippen LogP contribution in [-0.4, -0.2) is 4.98 Å². The van der Waals surface area contributed by atoms with Crippen LogP contribution in [0.3, 0.4) is 0 Å². The summed E-state index contributed by atoms with van der Waals surface area (Å²) in [7, 11) is 0. The van der Waals surface area contributed by atoms with E-state index in [2.05, 4.69) is 4.98 Å². The topological polar surface area (TPSA) is 12.9 Å². The lowest BCUT2D eigenvalue weighted by Gasteiger charge is -2.09. The van der Waals surface area contributed by atoms with Crippen LogP contribution in [0, 0.1) is 13.7 Å². The van der Waals surface area contributed by atoms with E-state index in [0.29, 0.717) is 11.3 Å². The maximum Gasteiger partial charge on any atom is 0.0708 e. The van der Waals surface area contributed by atoms with E-state index in [0.717, 1.165) is 11.1 Å². The monoisotopic (exact) mass is 265 g/mol. The predicted molar refractivity (Wildman–Crippen MR) is 84.6 cm³/mol. The average Bonchev–Trinajstić information content (AvgIpc) is 2.60. The van der Waals surface area contributed by atoms with Crippen LogP contribution in [0.4, 0.5) is 0 Å². The zero-order chi connectivity index (χ0) is 18.9. The fourth-order valence-electron chi connectivity index (χ4n) is 2.11. The highest BCUT2D eigenvalue weighted by molar-refractivity contribution is 5.72. The maximum absolute atomic E-state index is 7.77. The van der Waals surface area contributed by atoms with Crippen molar-refractivity contribution in [3.63, 3.8) is 0 Å². The third kappa shape index (κ3) is 2.48. The van der Waals surface area contributed by atoms with Crippen LogP contribution in [0.15, 0.2) is 66.9 Å². The highest BCUT2D eigenvalue weighted by Gasteiger charge is 2.05. The van der Waals surface area contributed by atoms with Crippen LogP contribution in [0.25, 0.3) is 22.4 Å². The highest BCUT2D eigenvalue weighted by Crippen LogP contribution is 2.27. The molecule has 0 spiro atoms. The molecule has 1 heterocycles. The van der Waals surface area contributed by atoms with E-state index in [9.17, 15) is 0 Å². The quantitative estimate of drug-likeness (QED) is 0.633. The molecule has 0 N–H and O–H groups in total. The number of rotatable bonds is 2. The lowest BCUT2D eigenvalue weighted by Crippen LogP contribution is -1.89. The minimum absolute atomic E-state index is 0.187. The van der Waals surface area contributed by atoms with Gasteiger partial charge in [0.2, 0.25) is 0 Å². The van der Waals surface area contributed by atoms with E-state index in [4.69, 9.17) is 8.22 Å². The molecule has 2 aromatic carbocycles. The van der Waals surface area contributed by atoms with Crippen molar-refractivity contribution < 1.29 is 8.22 Å². The molecule has 0 bridgehead atoms. The molecule has 98 valence electrons. The Bertz CT molecular complexity index is 896. The van der Waals surface area contributed by atoms with Crippen molar-refractivity contribution in [2.75, 3.05) is 0 Å². The first-order valence-electron chi connectivity index (χ1n) is 9.33. The van der Waals surface area contributed by atoms with Gasteiger partial charge in [0.05, 0.1) is 5.69 Å². The highest BCUT2D eigenvalue weighted by atomic mass is 14.7. The molecule has 20 heavy (non-hydrogen) atoms. The van der Waals surface area contributed by atoms with Crippen molar-refractivity contribution >= 4 is 0 Å². The summed E-state index contributed by atoms with van der Waals surface area (Å²) in [5, 5.41) is 0. The van der Waals surface area contributed by atoms with Gasteiger partial charge in [-0.25, -0.2) is 0 Å². The third-order valence-electron chi connectivity index (χ3n) is 3.17. The predicted octanol–water partition coefficient (Wildman–Crippen LogP) is 5.03. The number of hydrogen-bond acceptors (Lipinski definition) is 1. The van der Waals surface area contributed by atoms with E-state index < -0.39 is 13.7 Å². The zero-order valence-corrected chi connectivity index (χ0v) is 10.8. The summed E-state index contributed by atoms with van der Waals surface area (Å²) in [6.07, 6.45) is 1.38. The minimum atomic E-state index is -2.28. The standard InChI is InChI=1S/C19H17N/c1-14-8-10-17(11-9-14)19-12-18(15(2)13-20-19)16-6-4-3-5-7-16/h3-13H,1-2H3/i1D3,2D3. The van der Waals surface area contributed by atoms with E-state index in [1.807, 2.05) is 30.3 Å². The normalized spacial score (nSPS) is 16.2. The van der Waals surface area contributed by atoms with Crippen LogP contribution in [-0.2, 0) is 0 Å². The van der Waals surface area contributed by atoms with Gasteiger partial charge in [0.25, 0.3) is 0 Å². The Kier molecular flexibility index (Phi) is 1.96. The number of pyridine rings is 1. The molecule has 0 fully saturated rings. The second-order valence-corrected chi connectivity index (χ2v) is 4.56. The Hall–Kier alpha value is -2.41. The number of nitrogens with zero attached hydrogens (tertiary/aromatic N) is 1. The molecular weight excluding hydrogens is 242 g/mol. The summed E-state index contributed by atoms with van der Waals surface area (Å²) >= 11 is 0. The van der Waals surface area contributed by atoms with Crippen LogP contribution in [0.1, 0.15) is 19.4 Å². The smallest absolute Gasteiger partial charge is 0.0708 e. The molecule has 0 aliphatic heterocycles. The number of aryl methyl sites for hydroxylation is 2. The number of benzene rings is 2. The summed E-state index contributed by atoms with van der Waals surface area (Å²) in [5.41, 5.74) is 3.15. The first-order valence-corrected chi connectivity index (χ1v) is 6.33. The van der Waals surface area contributed by atoms with Crippen molar-refractivity contribution in [1.82, 2.24) is 4.98 Å². The molecule has 1 nitrogen and oxygen atoms in total. The van der Waals surface area contributed by atoms with Gasteiger partial charge in [0.15, 0.2) is 0 Å². The van der Waals surface area contributed by atoms with E-state index in [1.54, 1.807) is 30.3 Å². The summed E-state index contributed by atoms with van der Waals surface area (Å²) in [5.74, 6) is 0. The van der Waals surface area contributed by atoms with Gasteiger partial charge in [-0.1, -0.05) is 60.2 Å². The van der Waals surface area contributed by atoms with E-state index in [1.165, 1.54) is 6.20 Å². The average molecular weight is 265 g/mol. The second kappa shape index (κ2) is 5.30. The van der Waals surface area contributed by atoms with Gasteiger partial charge < -0.3 is 0 Å². The molecular formula is C19H17N. The minimum Gasteiger partial charge on any atom is -0.256 e. The summed E-state index contributed by atoms with van der Waals surface area (Å²) < 4.78 is 45.6. The van der Waals surface area contributed by atoms with Gasteiger partial charge >= 0.3 is 0 Å². The van der Waals surface area contributed by atoms with Gasteiger partial charge in [0.1, 0.15) is 0 Å². The molecule has 0 aliphatic carbocycles. The Labute approximate surface area is 128 Å². The molecule has 0 saturated carbocycles. The lowest BCUT2D eigenvalue weighted by atomic mass is 9.99. The number of hydrogen-bond donors (Lipinski definition) is 0. The van der Waals surface area contributed by atoms with Crippen LogP contribution in [0.2, 0.25) is 0 Å². The summed E-state index contributed by atoms with van der Waals surface area (Å²) in [6.45, 7) is -4.44. The lowest BCUT2D eigenvalue weighted by molar-refractivity contribution is 1.27. The summed E-state index contributed by atoms with van der Waals surface area (Å²) in [6, 6.07) is 17.5. The van der Waals surface area contributed by atoms with Crippen molar-refractivity contribution in [2.24, 2.45) is 0 Å². The van der Waals surface area contributed by atoms with Crippen LogP contribution in [0.5, 0.6) is 0 Å². The van der Waals surface area contributed by atoms with Gasteiger partial charge in [-0.05, 0) is 36.5 Å². The Morgan fingerprint density at radius 1 is 0.850 bits per heavy atom. The Morgan fingerprint density at radius 2 is 1.65 bits per heavy atom. The molecule has 3 aromatic rings. The first-order chi connectivity index (χ1) is 12.2. The molecule has 1 aromatic heterocycles. The molecule has 0 aliphatic rings. The van der Waals surface area contributed by atoms with Gasteiger partial charge in [-0.2, -0.15) is 0 Å². The third-order valence-corrected chi connectivity index (χ3v) is 3.17. The van der Waals surface area contributed by atoms with Crippen LogP contribution >= 0.6 is 0 Å². The van der Waals surface area contributed by atoms with Gasteiger partial charge in [0, 0.05) is 20.0 Å². The molecule has 1 heteroatoms. The molecule has 0 saturated heterocycles. The van der Waals surface area contributed by atoms with Crippen LogP contribution < -0.4 is 0 Å². The fourth-order valence-corrected chi connectivity index (χ4v) is 2.11. The molecule has 3 rings (SSSR count). The molecule has 0 atom stereocenters. The largest absolute Gasteiger partial charge is 0.256 e. The first kappa shape index (κ1) is 7.39. The van der Waals surface area contributed by atoms with E-state index in [-0.39, 0.29) is 11.1 Å². The van der Waals surface area contributed by atoms with E-state index >= 15 is 0 Å². The van der Waals surface area contributed by atoms with Gasteiger partial charge in [-0.3, -0.25) is 4.98 Å². The molecule has 0 unspecified atom stereocenters. The number of aromatic nitrogens is 1. The van der Waals surface area contributed by atoms with Crippen molar-refractivity contribution in [1.29, 1.82) is 0 Å². The Balaban J connectivity index is 2.10. The fraction of sp³-hybridized carbons (Fsp3) is 0.105. The summed E-state index contributed by atoms with van der Waals surface area (Å²) in [4.78, 5) is 4.29. The van der Waals surface area contributed by atoms with Crippen molar-refractivity contribution in [3.8, 4) is 22.4 Å². The molecule has 0 amide bonds. The zero-order valence-electron chi connectivity index (χ0n) is 16.8. The Morgan fingerprint density at radius 3 is 2.35 bits per heavy atom. The van der Waals surface area contributed by atoms with Gasteiger partial charge in [-0.15, -0.1) is 0 Å². The van der Waals surface area contributed by atoms with Crippen molar-refractivity contribution in [3.05, 3.63) is 78.0 Å².